The van der Waals surface area contributed by atoms with Crippen molar-refractivity contribution in [2.45, 2.75) is 20.8 Å². The summed E-state index contributed by atoms with van der Waals surface area (Å²) in [4.78, 5) is 12.7. The molecule has 168 valence electrons. The molecule has 4 aromatic rings. The second-order valence-corrected chi connectivity index (χ2v) is 9.05. The number of hydrogen-bond donors (Lipinski definition) is 1. The smallest absolute Gasteiger partial charge is 0.255 e. The number of rotatable bonds is 7. The van der Waals surface area contributed by atoms with Gasteiger partial charge in [0.15, 0.2) is 0 Å². The fraction of sp³-hybridized carbons (Fsp3) is 0.125. The number of imidazole rings is 1. The average Bonchev–Trinajstić information content (AvgIpc) is 3.13. The molecule has 0 fully saturated rings. The van der Waals surface area contributed by atoms with Crippen LogP contribution >= 0.6 is 0 Å². The fourth-order valence-electron chi connectivity index (χ4n) is 3.00. The number of nitrogens with one attached hydrogen (secondary N) is 1. The van der Waals surface area contributed by atoms with Gasteiger partial charge in [0.1, 0.15) is 24.2 Å². The molecule has 1 N–H and O–H groups in total. The number of anilines is 1. The highest BCUT2D eigenvalue weighted by atomic mass is 32.2. The van der Waals surface area contributed by atoms with E-state index in [0.717, 1.165) is 27.9 Å². The van der Waals surface area contributed by atoms with Crippen molar-refractivity contribution < 1.29 is 13.2 Å². The van der Waals surface area contributed by atoms with Crippen molar-refractivity contribution in [3.8, 4) is 17.4 Å². The number of aryl methyl sites for hydroxylation is 2. The van der Waals surface area contributed by atoms with E-state index in [1.54, 1.807) is 42.7 Å². The van der Waals surface area contributed by atoms with Crippen molar-refractivity contribution >= 4 is 21.8 Å². The van der Waals surface area contributed by atoms with Crippen molar-refractivity contribution in [2.75, 3.05) is 4.72 Å². The topological polar surface area (TPSA) is 99.0 Å². The number of ether oxygens (including phenoxy) is 1. The monoisotopic (exact) mass is 461 g/mol. The van der Waals surface area contributed by atoms with Gasteiger partial charge >= 0.3 is 0 Å². The lowest BCUT2D eigenvalue weighted by molar-refractivity contribution is 0.461. The summed E-state index contributed by atoms with van der Waals surface area (Å²) in [6.45, 7) is 5.86. The summed E-state index contributed by atoms with van der Waals surface area (Å²) in [5, 5.41) is 1.14. The van der Waals surface area contributed by atoms with E-state index in [0.29, 0.717) is 23.1 Å². The second kappa shape index (κ2) is 9.25. The Balaban J connectivity index is 1.43. The van der Waals surface area contributed by atoms with E-state index in [2.05, 4.69) is 19.7 Å². The molecule has 0 amide bonds. The molecule has 0 aliphatic carbocycles. The molecule has 0 spiro atoms. The predicted molar refractivity (Wildman–Crippen MR) is 128 cm³/mol. The van der Waals surface area contributed by atoms with Crippen LogP contribution in [0, 0.1) is 20.8 Å². The summed E-state index contributed by atoms with van der Waals surface area (Å²) >= 11 is 0. The molecule has 0 aliphatic rings. The minimum Gasteiger partial charge on any atom is -0.439 e. The number of sulfonamides is 1. The van der Waals surface area contributed by atoms with Crippen LogP contribution in [0.5, 0.6) is 11.6 Å². The van der Waals surface area contributed by atoms with Crippen LogP contribution in [0.3, 0.4) is 0 Å². The van der Waals surface area contributed by atoms with Crippen molar-refractivity contribution in [2.24, 2.45) is 0 Å². The van der Waals surface area contributed by atoms with Crippen LogP contribution < -0.4 is 9.46 Å². The minimum atomic E-state index is -3.65. The molecule has 8 nitrogen and oxygen atoms in total. The molecule has 9 heteroatoms. The number of nitrogens with zero attached hydrogens (tertiary/aromatic N) is 4. The molecular weight excluding hydrogens is 438 g/mol. The molecule has 0 saturated carbocycles. The van der Waals surface area contributed by atoms with Gasteiger partial charge in [0.25, 0.3) is 10.0 Å². The maximum atomic E-state index is 12.4. The van der Waals surface area contributed by atoms with Crippen LogP contribution in [0.2, 0.25) is 0 Å². The number of benzene rings is 2. The molecule has 2 aromatic heterocycles. The highest BCUT2D eigenvalue weighted by Crippen LogP contribution is 2.23. The van der Waals surface area contributed by atoms with E-state index in [1.807, 2.05) is 49.6 Å². The third-order valence-electron chi connectivity index (χ3n) is 4.98. The zero-order valence-corrected chi connectivity index (χ0v) is 19.2. The summed E-state index contributed by atoms with van der Waals surface area (Å²) in [6.07, 6.45) is 4.67. The summed E-state index contributed by atoms with van der Waals surface area (Å²) in [5.41, 5.74) is 4.24. The summed E-state index contributed by atoms with van der Waals surface area (Å²) in [6, 6.07) is 15.9. The first kappa shape index (κ1) is 22.2. The summed E-state index contributed by atoms with van der Waals surface area (Å²) in [5.74, 6) is 1.51. The Hall–Kier alpha value is -3.98. The molecule has 0 atom stereocenters. The van der Waals surface area contributed by atoms with Crippen LogP contribution in [0.1, 0.15) is 22.5 Å². The summed E-state index contributed by atoms with van der Waals surface area (Å²) < 4.78 is 34.9. The Morgan fingerprint density at radius 2 is 1.67 bits per heavy atom. The molecule has 0 unspecified atom stereocenters. The lowest BCUT2D eigenvalue weighted by atomic mass is 10.2. The Labute approximate surface area is 192 Å². The van der Waals surface area contributed by atoms with Gasteiger partial charge in [0, 0.05) is 17.4 Å². The van der Waals surface area contributed by atoms with Crippen LogP contribution in [0.15, 0.2) is 72.7 Å². The normalized spacial score (nSPS) is 11.6. The molecule has 33 heavy (non-hydrogen) atoms. The molecule has 2 heterocycles. The molecule has 4 rings (SSSR count). The van der Waals surface area contributed by atoms with Crippen molar-refractivity contribution in [1.29, 1.82) is 0 Å². The van der Waals surface area contributed by atoms with Gasteiger partial charge < -0.3 is 4.74 Å². The standard InChI is InChI=1S/C24H23N5O3S/c1-17-4-6-20(7-5-17)12-13-33(30,31)28-21-8-10-22(11-9-21)32-24-14-23(25-15-26-24)29-16-27-18(2)19(29)3/h4-16,28H,1-3H3/b13-12+. The first-order valence-corrected chi connectivity index (χ1v) is 11.7. The van der Waals surface area contributed by atoms with Gasteiger partial charge in [-0.05, 0) is 56.7 Å². The third kappa shape index (κ3) is 5.64. The third-order valence-corrected chi connectivity index (χ3v) is 5.99. The maximum Gasteiger partial charge on any atom is 0.255 e. The van der Waals surface area contributed by atoms with Gasteiger partial charge in [-0.2, -0.15) is 0 Å². The molecule has 0 radical (unpaired) electrons. The zero-order valence-electron chi connectivity index (χ0n) is 18.4. The van der Waals surface area contributed by atoms with Gasteiger partial charge in [-0.3, -0.25) is 9.29 Å². The lowest BCUT2D eigenvalue weighted by Gasteiger charge is -2.09. The van der Waals surface area contributed by atoms with E-state index >= 15 is 0 Å². The SMILES string of the molecule is Cc1ccc(/C=C/S(=O)(=O)Nc2ccc(Oc3cc(-n4cnc(C)c4C)ncn3)cc2)cc1. The largest absolute Gasteiger partial charge is 0.439 e. The van der Waals surface area contributed by atoms with Gasteiger partial charge in [0.05, 0.1) is 11.1 Å². The first-order valence-electron chi connectivity index (χ1n) is 10.2. The number of hydrogen-bond acceptors (Lipinski definition) is 6. The van der Waals surface area contributed by atoms with Gasteiger partial charge in [0.2, 0.25) is 5.88 Å². The molecule has 0 aliphatic heterocycles. The first-order chi connectivity index (χ1) is 15.8. The molecular formula is C24H23N5O3S. The van der Waals surface area contributed by atoms with E-state index in [1.165, 1.54) is 6.33 Å². The molecule has 2 aromatic carbocycles. The maximum absolute atomic E-state index is 12.4. The Kier molecular flexibility index (Phi) is 6.23. The van der Waals surface area contributed by atoms with E-state index < -0.39 is 10.0 Å². The fourth-order valence-corrected chi connectivity index (χ4v) is 3.87. The van der Waals surface area contributed by atoms with Crippen LogP contribution in [0.25, 0.3) is 11.9 Å². The quantitative estimate of drug-likeness (QED) is 0.425. The highest BCUT2D eigenvalue weighted by Gasteiger charge is 2.09. The van der Waals surface area contributed by atoms with Gasteiger partial charge in [-0.25, -0.2) is 23.4 Å². The zero-order chi connectivity index (χ0) is 23.4. The van der Waals surface area contributed by atoms with E-state index in [4.69, 9.17) is 4.74 Å². The lowest BCUT2D eigenvalue weighted by Crippen LogP contribution is -2.08. The Morgan fingerprint density at radius 3 is 2.33 bits per heavy atom. The molecule has 0 saturated heterocycles. The second-order valence-electron chi connectivity index (χ2n) is 7.49. The van der Waals surface area contributed by atoms with E-state index in [-0.39, 0.29) is 0 Å². The van der Waals surface area contributed by atoms with Gasteiger partial charge in [-0.15, -0.1) is 0 Å². The van der Waals surface area contributed by atoms with Crippen molar-refractivity contribution in [3.63, 3.8) is 0 Å². The van der Waals surface area contributed by atoms with Crippen molar-refractivity contribution in [1.82, 2.24) is 19.5 Å². The van der Waals surface area contributed by atoms with Gasteiger partial charge in [-0.1, -0.05) is 29.8 Å². The van der Waals surface area contributed by atoms with Crippen molar-refractivity contribution in [3.05, 3.63) is 95.2 Å². The Morgan fingerprint density at radius 1 is 0.939 bits per heavy atom. The number of aromatic nitrogens is 4. The minimum absolute atomic E-state index is 0.361. The Bertz CT molecular complexity index is 1390. The van der Waals surface area contributed by atoms with E-state index in [9.17, 15) is 8.42 Å². The summed E-state index contributed by atoms with van der Waals surface area (Å²) in [7, 11) is -3.65. The van der Waals surface area contributed by atoms with Crippen LogP contribution in [-0.2, 0) is 10.0 Å². The predicted octanol–water partition coefficient (Wildman–Crippen LogP) is 4.79. The van der Waals surface area contributed by atoms with Crippen LogP contribution in [-0.4, -0.2) is 27.9 Å². The van der Waals surface area contributed by atoms with Crippen LogP contribution in [0.4, 0.5) is 5.69 Å². The highest BCUT2D eigenvalue weighted by molar-refractivity contribution is 7.95. The molecule has 0 bridgehead atoms. The average molecular weight is 462 g/mol.